The van der Waals surface area contributed by atoms with Crippen molar-refractivity contribution in [2.45, 2.75) is 13.0 Å². The Kier molecular flexibility index (Phi) is 5.38. The van der Waals surface area contributed by atoms with Crippen LogP contribution in [0, 0.1) is 0 Å². The Morgan fingerprint density at radius 1 is 1.15 bits per heavy atom. The summed E-state index contributed by atoms with van der Waals surface area (Å²) in [6, 6.07) is 13.5. The first kappa shape index (κ1) is 14.3. The van der Waals surface area contributed by atoms with E-state index in [4.69, 9.17) is 10.5 Å². The molecule has 0 aliphatic rings. The molecule has 2 N–H and O–H groups in total. The van der Waals surface area contributed by atoms with Crippen molar-refractivity contribution in [1.82, 2.24) is 9.88 Å². The van der Waals surface area contributed by atoms with E-state index in [1.165, 1.54) is 0 Å². The van der Waals surface area contributed by atoms with E-state index in [9.17, 15) is 0 Å². The van der Waals surface area contributed by atoms with Gasteiger partial charge in [0.1, 0.15) is 5.75 Å². The van der Waals surface area contributed by atoms with Crippen LogP contribution in [0.5, 0.6) is 5.75 Å². The molecule has 2 aromatic rings. The average Bonchev–Trinajstić information content (AvgIpc) is 2.46. The SMILES string of the molecule is CN(CCCOc1ccc(N)cc1)Cc1ccccn1. The highest BCUT2D eigenvalue weighted by Crippen LogP contribution is 2.13. The first-order valence-electron chi connectivity index (χ1n) is 6.81. The maximum atomic E-state index is 5.66. The van der Waals surface area contributed by atoms with Gasteiger partial charge in [0.05, 0.1) is 12.3 Å². The number of nitrogens with two attached hydrogens (primary N) is 1. The lowest BCUT2D eigenvalue weighted by Crippen LogP contribution is -2.21. The maximum absolute atomic E-state index is 5.66. The van der Waals surface area contributed by atoms with Crippen LogP contribution in [0.1, 0.15) is 12.1 Å². The zero-order valence-electron chi connectivity index (χ0n) is 11.8. The largest absolute Gasteiger partial charge is 0.494 e. The third-order valence-electron chi connectivity index (χ3n) is 2.99. The number of hydrogen-bond acceptors (Lipinski definition) is 4. The van der Waals surface area contributed by atoms with Crippen LogP contribution in [-0.4, -0.2) is 30.1 Å². The molecule has 0 aliphatic heterocycles. The lowest BCUT2D eigenvalue weighted by Gasteiger charge is -2.16. The Labute approximate surface area is 120 Å². The van der Waals surface area contributed by atoms with Crippen molar-refractivity contribution in [3.63, 3.8) is 0 Å². The predicted octanol–water partition coefficient (Wildman–Crippen LogP) is 2.56. The number of nitrogen functional groups attached to an aromatic ring is 1. The molecule has 0 aliphatic carbocycles. The zero-order valence-corrected chi connectivity index (χ0v) is 11.8. The molecule has 0 bridgehead atoms. The molecule has 0 atom stereocenters. The summed E-state index contributed by atoms with van der Waals surface area (Å²) in [6.07, 6.45) is 2.81. The second kappa shape index (κ2) is 7.50. The third-order valence-corrected chi connectivity index (χ3v) is 2.99. The zero-order chi connectivity index (χ0) is 14.2. The maximum Gasteiger partial charge on any atom is 0.119 e. The summed E-state index contributed by atoms with van der Waals surface area (Å²) in [4.78, 5) is 6.56. The molecule has 20 heavy (non-hydrogen) atoms. The van der Waals surface area contributed by atoms with Crippen molar-refractivity contribution in [2.24, 2.45) is 0 Å². The molecule has 0 saturated heterocycles. The quantitative estimate of drug-likeness (QED) is 0.621. The Morgan fingerprint density at radius 2 is 1.95 bits per heavy atom. The molecule has 106 valence electrons. The van der Waals surface area contributed by atoms with Gasteiger partial charge in [0, 0.05) is 25.0 Å². The smallest absolute Gasteiger partial charge is 0.119 e. The lowest BCUT2D eigenvalue weighted by molar-refractivity contribution is 0.257. The molecule has 0 fully saturated rings. The fraction of sp³-hybridized carbons (Fsp3) is 0.312. The second-order valence-electron chi connectivity index (χ2n) is 4.83. The van der Waals surface area contributed by atoms with E-state index in [1.807, 2.05) is 48.7 Å². The van der Waals surface area contributed by atoms with Crippen molar-refractivity contribution in [2.75, 3.05) is 25.9 Å². The molecule has 2 rings (SSSR count). The monoisotopic (exact) mass is 271 g/mol. The van der Waals surface area contributed by atoms with Crippen molar-refractivity contribution in [1.29, 1.82) is 0 Å². The van der Waals surface area contributed by atoms with Crippen LogP contribution >= 0.6 is 0 Å². The minimum Gasteiger partial charge on any atom is -0.494 e. The number of benzene rings is 1. The normalized spacial score (nSPS) is 10.7. The Bertz CT molecular complexity index is 499. The van der Waals surface area contributed by atoms with Gasteiger partial charge in [-0.15, -0.1) is 0 Å². The highest BCUT2D eigenvalue weighted by atomic mass is 16.5. The van der Waals surface area contributed by atoms with E-state index in [1.54, 1.807) is 0 Å². The van der Waals surface area contributed by atoms with Crippen LogP contribution in [0.2, 0.25) is 0 Å². The van der Waals surface area contributed by atoms with Crippen LogP contribution in [0.4, 0.5) is 5.69 Å². The number of pyridine rings is 1. The number of ether oxygens (including phenoxy) is 1. The molecule has 0 saturated carbocycles. The van der Waals surface area contributed by atoms with Gasteiger partial charge in [-0.25, -0.2) is 0 Å². The number of hydrogen-bond donors (Lipinski definition) is 1. The second-order valence-corrected chi connectivity index (χ2v) is 4.83. The standard InChI is InChI=1S/C16H21N3O/c1-19(13-15-5-2-3-10-18-15)11-4-12-20-16-8-6-14(17)7-9-16/h2-3,5-10H,4,11-13,17H2,1H3. The van der Waals surface area contributed by atoms with Crippen LogP contribution in [-0.2, 0) is 6.54 Å². The van der Waals surface area contributed by atoms with Gasteiger partial charge < -0.3 is 15.4 Å². The molecule has 1 aromatic carbocycles. The topological polar surface area (TPSA) is 51.4 Å². The van der Waals surface area contributed by atoms with E-state index in [0.717, 1.165) is 36.6 Å². The first-order chi connectivity index (χ1) is 9.74. The Morgan fingerprint density at radius 3 is 2.65 bits per heavy atom. The molecule has 4 nitrogen and oxygen atoms in total. The highest BCUT2D eigenvalue weighted by molar-refractivity contribution is 5.41. The Balaban J connectivity index is 1.64. The van der Waals surface area contributed by atoms with Crippen LogP contribution < -0.4 is 10.5 Å². The lowest BCUT2D eigenvalue weighted by atomic mass is 10.3. The van der Waals surface area contributed by atoms with Gasteiger partial charge in [-0.1, -0.05) is 6.07 Å². The van der Waals surface area contributed by atoms with Crippen molar-refractivity contribution in [3.05, 3.63) is 54.4 Å². The summed E-state index contributed by atoms with van der Waals surface area (Å²) in [6.45, 7) is 2.55. The average molecular weight is 271 g/mol. The number of rotatable bonds is 7. The van der Waals surface area contributed by atoms with E-state index in [-0.39, 0.29) is 0 Å². The molecule has 1 heterocycles. The van der Waals surface area contributed by atoms with E-state index in [0.29, 0.717) is 6.61 Å². The minimum absolute atomic E-state index is 0.705. The number of nitrogens with zero attached hydrogens (tertiary/aromatic N) is 2. The molecule has 4 heteroatoms. The number of aromatic nitrogens is 1. The summed E-state index contributed by atoms with van der Waals surface area (Å²) in [7, 11) is 2.10. The summed E-state index contributed by atoms with van der Waals surface area (Å²) >= 11 is 0. The van der Waals surface area contributed by atoms with Gasteiger partial charge in [-0.05, 0) is 49.9 Å². The van der Waals surface area contributed by atoms with Crippen LogP contribution in [0.3, 0.4) is 0 Å². The van der Waals surface area contributed by atoms with E-state index in [2.05, 4.69) is 16.9 Å². The molecule has 0 unspecified atom stereocenters. The molecular formula is C16H21N3O. The van der Waals surface area contributed by atoms with Crippen LogP contribution in [0.15, 0.2) is 48.7 Å². The van der Waals surface area contributed by atoms with Gasteiger partial charge in [0.25, 0.3) is 0 Å². The van der Waals surface area contributed by atoms with Gasteiger partial charge in [-0.3, -0.25) is 4.98 Å². The van der Waals surface area contributed by atoms with Gasteiger partial charge in [-0.2, -0.15) is 0 Å². The summed E-state index contributed by atoms with van der Waals surface area (Å²) in [5.41, 5.74) is 7.48. The van der Waals surface area contributed by atoms with Crippen LogP contribution in [0.25, 0.3) is 0 Å². The molecule has 0 amide bonds. The number of anilines is 1. The van der Waals surface area contributed by atoms with Gasteiger partial charge >= 0.3 is 0 Å². The predicted molar refractivity (Wildman–Crippen MR) is 81.5 cm³/mol. The van der Waals surface area contributed by atoms with E-state index >= 15 is 0 Å². The third kappa shape index (κ3) is 4.90. The fourth-order valence-corrected chi connectivity index (χ4v) is 1.94. The van der Waals surface area contributed by atoms with Crippen molar-refractivity contribution in [3.8, 4) is 5.75 Å². The molecular weight excluding hydrogens is 250 g/mol. The van der Waals surface area contributed by atoms with Gasteiger partial charge in [0.15, 0.2) is 0 Å². The van der Waals surface area contributed by atoms with Crippen molar-refractivity contribution >= 4 is 5.69 Å². The summed E-state index contributed by atoms with van der Waals surface area (Å²) in [5.74, 6) is 0.867. The fourth-order valence-electron chi connectivity index (χ4n) is 1.94. The molecule has 0 radical (unpaired) electrons. The van der Waals surface area contributed by atoms with Gasteiger partial charge in [0.2, 0.25) is 0 Å². The molecule has 0 spiro atoms. The highest BCUT2D eigenvalue weighted by Gasteiger charge is 2.01. The summed E-state index contributed by atoms with van der Waals surface area (Å²) < 4.78 is 5.66. The summed E-state index contributed by atoms with van der Waals surface area (Å²) in [5, 5.41) is 0. The minimum atomic E-state index is 0.705. The molecule has 1 aromatic heterocycles. The first-order valence-corrected chi connectivity index (χ1v) is 6.81. The van der Waals surface area contributed by atoms with E-state index < -0.39 is 0 Å². The van der Waals surface area contributed by atoms with Crippen molar-refractivity contribution < 1.29 is 4.74 Å². The Hall–Kier alpha value is -2.07.